The van der Waals surface area contributed by atoms with Crippen LogP contribution in [0.3, 0.4) is 0 Å². The van der Waals surface area contributed by atoms with Gasteiger partial charge in [-0.05, 0) is 587 Å². The normalized spacial score (nSPS) is 17.0. The number of halogens is 24. The molecule has 7 rings (SSSR count). The lowest BCUT2D eigenvalue weighted by molar-refractivity contribution is 0.443. The highest BCUT2D eigenvalue weighted by atomic mass is 35.9. The highest BCUT2D eigenvalue weighted by Gasteiger charge is 2.50. The van der Waals surface area contributed by atoms with E-state index in [1.165, 1.54) is 232 Å². The summed E-state index contributed by atoms with van der Waals surface area (Å²) in [6.45, 7) is 0. The van der Waals surface area contributed by atoms with Gasteiger partial charge in [0.1, 0.15) is 34.5 Å². The number of hydrazone groups is 12. The molecule has 0 unspecified atom stereocenters. The van der Waals surface area contributed by atoms with Crippen molar-refractivity contribution in [3.63, 3.8) is 0 Å². The molecule has 0 saturated carbocycles. The van der Waals surface area contributed by atoms with Crippen molar-refractivity contribution < 1.29 is 27.1 Å². The average molecular weight is 2960 g/mol. The SMILES string of the molecule is CN(/N=C\c1cc(/C=N/N(C)P(=S)(Cl)Cl)cc(OP2(Oc3cc(/C=N/N(C)P(=S)(Cl)Cl)cc(/C=N/N(C)P(=S)(Cl)Cl)c3)=NP(Oc3cc(/C=N\N(C)P(=S)(Cl)Cl)cc(/C=N/N(C)P(=S)(Cl)Cl)c3)(Oc3cc(/C=N/N(C)P(=S)(Cl)Cl)cc(/C=N/N(C)P(=S)(Cl)Cl)c3)=NP(Oc3cc(/C=N\N(C)P(=S)(Cl)Cl)cc(/C=N/N(C)P(=S)(Cl)Cl)c3)(Oc3cc(/C=N/N(C)P(=S)(Cl)Cl)cc(/C=N/N(C)P(=S)(Cl)Cl)c3)=N2)c1)P(=S)(Cl)Cl. The van der Waals surface area contributed by atoms with E-state index in [-0.39, 0.29) is 101 Å². The van der Waals surface area contributed by atoms with Crippen LogP contribution in [0.2, 0.25) is 0 Å². The summed E-state index contributed by atoms with van der Waals surface area (Å²) in [5.41, 5.74) is 1.59. The second kappa shape index (κ2) is 56.2. The van der Waals surface area contributed by atoms with Crippen LogP contribution >= 0.6 is 351 Å². The molecule has 33 nitrogen and oxygen atoms in total. The zero-order valence-electron chi connectivity index (χ0n) is 73.5. The topological polar surface area (TPSA) is 280 Å². The molecule has 6 aromatic carbocycles. The fraction of sp³-hybridized carbons (Fsp3) is 0.200. The Balaban J connectivity index is 2.08. The lowest BCUT2D eigenvalue weighted by Gasteiger charge is -2.33. The smallest absolute Gasteiger partial charge is 0.413 e. The van der Waals surface area contributed by atoms with E-state index >= 15 is 0 Å². The fourth-order valence-electron chi connectivity index (χ4n) is 9.19. The van der Waals surface area contributed by atoms with E-state index < -0.39 is 81.7 Å². The Morgan fingerprint density at radius 1 is 0.174 bits per heavy atom. The summed E-state index contributed by atoms with van der Waals surface area (Å²) in [6, 6.07) is 26.5. The van der Waals surface area contributed by atoms with Crippen molar-refractivity contribution in [3.05, 3.63) is 176 Å². The van der Waals surface area contributed by atoms with Gasteiger partial charge in [-0.2, -0.15) is 61.2 Å². The van der Waals surface area contributed by atoms with E-state index in [1.54, 1.807) is 36.4 Å². The molecule has 1 aliphatic rings. The van der Waals surface area contributed by atoms with Crippen LogP contribution in [0.15, 0.2) is 184 Å². The molecule has 1 heterocycles. The molecule has 792 valence electrons. The molecule has 0 spiro atoms. The van der Waals surface area contributed by atoms with Crippen LogP contribution in [-0.2, 0) is 142 Å². The molecule has 0 radical (unpaired) electrons. The first-order valence-electron chi connectivity index (χ1n) is 36.9. The standard InChI is InChI=1S/C60H66Cl24N27O6P15S12/c1-100(118(61,62)133)85-31-43-13-44(32-86-101(2)119(63,64)134)20-55(19-43)112-130(113-56-21-45(33-87-102(3)120(65,66)135)14-46(22-56)34-88-103(4)121(67,68)136)97-131(114-57-23-47(35-89-104(5)122(69,70)137)15-48(24-57)36-90-105(6)123(71,72)138,115-58-25-49(37-91-106(7)124(73,74)139)16-50(26-58)38-92-107(8)125(75,76)140)99-132(98-130,116-59-27-51(39-93-108(9)126(77,78)141)17-52(28-59)40-94-109(10)127(79,80)142)117-60-29-53(41-95-110(11)128(81,82)143)18-54(30-60)42-96-111(12)129(83,84)144/h13-42H,1-12H3/b85-31-,86-32+,87-33+,88-34+,89-35-,90-36+,91-37+,92-38+,93-39-,94-40+,95-41+,96-42+. The fourth-order valence-corrected chi connectivity index (χ4v) is 24.6. The minimum atomic E-state index is -5.65. The molecule has 144 heavy (non-hydrogen) atoms. The third-order valence-corrected chi connectivity index (χ3v) is 58.0. The lowest BCUT2D eigenvalue weighted by Crippen LogP contribution is -2.12. The first kappa shape index (κ1) is 134. The zero-order chi connectivity index (χ0) is 109. The summed E-state index contributed by atoms with van der Waals surface area (Å²) in [4.78, 5) is -41.0. The molecule has 0 aliphatic carbocycles. The maximum atomic E-state index is 7.78. The molecular formula is C60H66Cl24N27O6P15S12. The number of hydrogen-bond acceptors (Lipinski definition) is 33. The van der Waals surface area contributed by atoms with E-state index in [9.17, 15) is 0 Å². The first-order valence-corrected chi connectivity index (χ1v) is 96.3. The predicted molar refractivity (Wildman–Crippen MR) is 687 cm³/mol. The Morgan fingerprint density at radius 2 is 0.250 bits per heavy atom. The van der Waals surface area contributed by atoms with E-state index in [1.807, 2.05) is 0 Å². The van der Waals surface area contributed by atoms with Gasteiger partial charge in [0.25, 0.3) is 0 Å². The summed E-state index contributed by atoms with van der Waals surface area (Å²) in [5.74, 6) is -1.81. The molecule has 0 saturated heterocycles. The van der Waals surface area contributed by atoms with Crippen molar-refractivity contribution in [2.45, 2.75) is 0 Å². The second-order valence-electron chi connectivity index (χ2n) is 27.3. The maximum Gasteiger partial charge on any atom is 0.460 e. The summed E-state index contributed by atoms with van der Waals surface area (Å²) >= 11 is 225. The zero-order valence-corrected chi connectivity index (χ0v) is 115. The number of rotatable bonds is 48. The molecule has 0 aromatic heterocycles. The van der Waals surface area contributed by atoms with Crippen molar-refractivity contribution >= 4 is 568 Å². The van der Waals surface area contributed by atoms with Gasteiger partial charge in [0, 0.05) is 84.6 Å². The van der Waals surface area contributed by atoms with Crippen LogP contribution in [-0.4, -0.2) is 217 Å². The molecule has 0 amide bonds. The van der Waals surface area contributed by atoms with Crippen molar-refractivity contribution in [2.24, 2.45) is 74.8 Å². The van der Waals surface area contributed by atoms with Crippen LogP contribution in [0.25, 0.3) is 0 Å². The summed E-state index contributed by atoms with van der Waals surface area (Å²) < 4.78 is 77.5. The molecule has 1 aliphatic heterocycles. The number of hydrogen-bond donors (Lipinski definition) is 0. The van der Waals surface area contributed by atoms with Crippen LogP contribution in [0.1, 0.15) is 66.8 Å². The minimum Gasteiger partial charge on any atom is -0.413 e. The quantitative estimate of drug-likeness (QED) is 0.0195. The van der Waals surface area contributed by atoms with Crippen molar-refractivity contribution in [3.8, 4) is 34.5 Å². The number of nitrogens with zero attached hydrogens (tertiary/aromatic N) is 27. The van der Waals surface area contributed by atoms with Crippen LogP contribution in [0, 0.1) is 0 Å². The Hall–Kier alpha value is 3.21. The van der Waals surface area contributed by atoms with Gasteiger partial charge in [-0.1, -0.05) is 13.5 Å². The Kier molecular flexibility index (Phi) is 52.3. The largest absolute Gasteiger partial charge is 0.460 e. The molecule has 0 fully saturated rings. The van der Waals surface area contributed by atoms with E-state index in [0.717, 1.165) is 57.4 Å². The van der Waals surface area contributed by atoms with Gasteiger partial charge in [-0.25, -0.2) is 57.4 Å². The molecular weight excluding hydrogens is 2900 g/mol. The van der Waals surface area contributed by atoms with Gasteiger partial charge in [-0.3, -0.25) is 0 Å². The minimum absolute atomic E-state index is 0.132. The highest BCUT2D eigenvalue weighted by Crippen LogP contribution is 2.80. The van der Waals surface area contributed by atoms with Crippen LogP contribution in [0.5, 0.6) is 34.5 Å². The Labute approximate surface area is 1010 Å². The monoisotopic (exact) mass is 2950 g/mol. The third-order valence-electron chi connectivity index (χ3n) is 16.3. The molecule has 6 aromatic rings. The second-order valence-corrected chi connectivity index (χ2v) is 126. The average Bonchev–Trinajstić information content (AvgIpc) is 0.723. The van der Waals surface area contributed by atoms with Gasteiger partial charge in [0.15, 0.2) is 0 Å². The molecule has 0 atom stereocenters. The van der Waals surface area contributed by atoms with Gasteiger partial charge in [-0.15, -0.1) is 0 Å². The third kappa shape index (κ3) is 46.4. The van der Waals surface area contributed by atoms with Crippen molar-refractivity contribution in [1.29, 1.82) is 0 Å². The van der Waals surface area contributed by atoms with E-state index in [2.05, 4.69) is 61.2 Å². The molecule has 0 N–H and O–H groups in total. The summed E-state index contributed by atoms with van der Waals surface area (Å²) in [6.07, 6.45) is 15.7. The summed E-state index contributed by atoms with van der Waals surface area (Å²) in [5, 5.41) is 54.7. The van der Waals surface area contributed by atoms with Crippen molar-refractivity contribution in [1.82, 2.24) is 57.4 Å². The Morgan fingerprint density at radius 3 is 0.319 bits per heavy atom. The van der Waals surface area contributed by atoms with E-state index in [0.29, 0.717) is 0 Å². The van der Waals surface area contributed by atoms with E-state index in [4.69, 9.17) is 452 Å². The van der Waals surface area contributed by atoms with Gasteiger partial charge >= 0.3 is 23.0 Å². The van der Waals surface area contributed by atoms with Crippen LogP contribution in [0.4, 0.5) is 0 Å². The Bertz CT molecular complexity index is 5660. The lowest BCUT2D eigenvalue weighted by atomic mass is 10.1. The molecule has 0 bridgehead atoms. The van der Waals surface area contributed by atoms with Gasteiger partial charge < -0.3 is 27.1 Å². The number of benzene rings is 6. The highest BCUT2D eigenvalue weighted by molar-refractivity contribution is 8.42. The van der Waals surface area contributed by atoms with Gasteiger partial charge in [0.05, 0.1) is 74.6 Å². The summed E-state index contributed by atoms with van der Waals surface area (Å²) in [7, 11) is 0.260. The van der Waals surface area contributed by atoms with Gasteiger partial charge in [0.2, 0.25) is 58.7 Å². The first-order chi connectivity index (χ1) is 65.6. The van der Waals surface area contributed by atoms with Crippen molar-refractivity contribution in [2.75, 3.05) is 84.6 Å². The maximum absolute atomic E-state index is 7.78. The predicted octanol–water partition coefficient (Wildman–Crippen LogP) is 35.9. The molecule has 84 heteroatoms. The van der Waals surface area contributed by atoms with Crippen LogP contribution < -0.4 is 27.1 Å².